The van der Waals surface area contributed by atoms with Gasteiger partial charge in [0.25, 0.3) is 0 Å². The van der Waals surface area contributed by atoms with E-state index in [1.165, 1.54) is 0 Å². The molecule has 1 aromatic carbocycles. The van der Waals surface area contributed by atoms with Crippen molar-refractivity contribution in [1.82, 2.24) is 0 Å². The number of Topliss-reactive ketones (excluding diaryl/α,β-unsaturated/α-hetero) is 1. The first-order chi connectivity index (χ1) is 7.31. The molecule has 1 aliphatic heterocycles. The highest BCUT2D eigenvalue weighted by Crippen LogP contribution is 2.17. The molecule has 1 heterocycles. The van der Waals surface area contributed by atoms with Crippen LogP contribution in [-0.2, 0) is 9.63 Å². The first-order valence-corrected chi connectivity index (χ1v) is 5.12. The minimum absolute atomic E-state index is 0.115. The van der Waals surface area contributed by atoms with Crippen LogP contribution in [0.4, 0.5) is 0 Å². The summed E-state index contributed by atoms with van der Waals surface area (Å²) in [6.07, 6.45) is 0.726. The van der Waals surface area contributed by atoms with Crippen molar-refractivity contribution >= 4 is 11.5 Å². The molecule has 0 saturated carbocycles. The summed E-state index contributed by atoms with van der Waals surface area (Å²) in [6.45, 7) is 1.84. The smallest absolute Gasteiger partial charge is 0.190 e. The molecule has 0 aromatic heterocycles. The molecule has 0 amide bonds. The molecule has 0 saturated heterocycles. The highest BCUT2D eigenvalue weighted by molar-refractivity contribution is 6.04. The SMILES string of the molecule is CCC(=O)C1CC(c2ccccc2)=NO1. The van der Waals surface area contributed by atoms with Crippen molar-refractivity contribution in [2.75, 3.05) is 0 Å². The molecule has 3 heteroatoms. The summed E-state index contributed by atoms with van der Waals surface area (Å²) in [5, 5.41) is 3.95. The maximum Gasteiger partial charge on any atom is 0.190 e. The second-order valence-corrected chi connectivity index (χ2v) is 3.52. The zero-order valence-electron chi connectivity index (χ0n) is 8.64. The lowest BCUT2D eigenvalue weighted by molar-refractivity contribution is -0.128. The van der Waals surface area contributed by atoms with Crippen LogP contribution in [0, 0.1) is 0 Å². The summed E-state index contributed by atoms with van der Waals surface area (Å²) in [6, 6.07) is 9.80. The summed E-state index contributed by atoms with van der Waals surface area (Å²) < 4.78 is 0. The summed E-state index contributed by atoms with van der Waals surface area (Å²) in [7, 11) is 0. The Bertz CT molecular complexity index is 384. The van der Waals surface area contributed by atoms with Crippen LogP contribution in [0.15, 0.2) is 35.5 Å². The lowest BCUT2D eigenvalue weighted by Gasteiger charge is -2.03. The Balaban J connectivity index is 2.07. The van der Waals surface area contributed by atoms with Crippen LogP contribution >= 0.6 is 0 Å². The topological polar surface area (TPSA) is 38.7 Å². The van der Waals surface area contributed by atoms with Gasteiger partial charge < -0.3 is 4.84 Å². The van der Waals surface area contributed by atoms with Crippen LogP contribution in [0.1, 0.15) is 25.3 Å². The van der Waals surface area contributed by atoms with E-state index in [1.807, 2.05) is 37.3 Å². The van der Waals surface area contributed by atoms with Crippen molar-refractivity contribution in [2.24, 2.45) is 5.16 Å². The van der Waals surface area contributed by atoms with Crippen LogP contribution in [0.25, 0.3) is 0 Å². The third-order valence-electron chi connectivity index (χ3n) is 2.48. The van der Waals surface area contributed by atoms with Crippen LogP contribution in [0.3, 0.4) is 0 Å². The Labute approximate surface area is 88.7 Å². The van der Waals surface area contributed by atoms with Crippen molar-refractivity contribution in [3.05, 3.63) is 35.9 Å². The van der Waals surface area contributed by atoms with E-state index in [9.17, 15) is 4.79 Å². The van der Waals surface area contributed by atoms with Crippen LogP contribution in [0.5, 0.6) is 0 Å². The van der Waals surface area contributed by atoms with Gasteiger partial charge in [-0.1, -0.05) is 42.4 Å². The Morgan fingerprint density at radius 2 is 2.20 bits per heavy atom. The first kappa shape index (κ1) is 9.90. The van der Waals surface area contributed by atoms with E-state index in [1.54, 1.807) is 0 Å². The van der Waals surface area contributed by atoms with E-state index in [0.29, 0.717) is 12.8 Å². The molecule has 0 radical (unpaired) electrons. The fourth-order valence-electron chi connectivity index (χ4n) is 1.58. The van der Waals surface area contributed by atoms with Gasteiger partial charge in [0, 0.05) is 12.8 Å². The molecule has 0 N–H and O–H groups in total. The molecule has 0 bridgehead atoms. The zero-order valence-corrected chi connectivity index (χ0v) is 8.64. The lowest BCUT2D eigenvalue weighted by atomic mass is 10.0. The van der Waals surface area contributed by atoms with Gasteiger partial charge in [-0.05, 0) is 5.56 Å². The summed E-state index contributed by atoms with van der Waals surface area (Å²) >= 11 is 0. The summed E-state index contributed by atoms with van der Waals surface area (Å²) in [5.74, 6) is 0.115. The normalized spacial score (nSPS) is 19.5. The predicted octanol–water partition coefficient (Wildman–Crippen LogP) is 2.16. The number of oxime groups is 1. The molecule has 1 unspecified atom stereocenters. The Morgan fingerprint density at radius 1 is 1.47 bits per heavy atom. The van der Waals surface area contributed by atoms with Crippen LogP contribution < -0.4 is 0 Å². The maximum atomic E-state index is 11.4. The Morgan fingerprint density at radius 3 is 2.87 bits per heavy atom. The molecule has 0 fully saturated rings. The third-order valence-corrected chi connectivity index (χ3v) is 2.48. The molecule has 1 atom stereocenters. The van der Waals surface area contributed by atoms with Gasteiger partial charge >= 0.3 is 0 Å². The predicted molar refractivity (Wildman–Crippen MR) is 57.8 cm³/mol. The third kappa shape index (κ3) is 2.06. The number of nitrogens with zero attached hydrogens (tertiary/aromatic N) is 1. The van der Waals surface area contributed by atoms with E-state index in [0.717, 1.165) is 11.3 Å². The second kappa shape index (κ2) is 4.26. The minimum atomic E-state index is -0.370. The number of hydrogen-bond donors (Lipinski definition) is 0. The van der Waals surface area contributed by atoms with E-state index in [2.05, 4.69) is 5.16 Å². The highest BCUT2D eigenvalue weighted by Gasteiger charge is 2.27. The van der Waals surface area contributed by atoms with Gasteiger partial charge in [-0.25, -0.2) is 0 Å². The molecule has 2 rings (SSSR count). The number of hydrogen-bond acceptors (Lipinski definition) is 3. The van der Waals surface area contributed by atoms with E-state index < -0.39 is 0 Å². The van der Waals surface area contributed by atoms with Crippen molar-refractivity contribution in [2.45, 2.75) is 25.9 Å². The number of carbonyl (C=O) groups excluding carboxylic acids is 1. The van der Waals surface area contributed by atoms with Crippen LogP contribution in [0.2, 0.25) is 0 Å². The lowest BCUT2D eigenvalue weighted by Crippen LogP contribution is -2.19. The quantitative estimate of drug-likeness (QED) is 0.755. The summed E-state index contributed by atoms with van der Waals surface area (Å²) in [4.78, 5) is 16.5. The molecule has 1 aromatic rings. The molecule has 0 aliphatic carbocycles. The molecular weight excluding hydrogens is 190 g/mol. The number of benzene rings is 1. The number of ketones is 1. The minimum Gasteiger partial charge on any atom is -0.384 e. The van der Waals surface area contributed by atoms with Crippen molar-refractivity contribution in [3.63, 3.8) is 0 Å². The van der Waals surface area contributed by atoms with Gasteiger partial charge in [0.1, 0.15) is 0 Å². The van der Waals surface area contributed by atoms with Gasteiger partial charge in [0.15, 0.2) is 11.9 Å². The van der Waals surface area contributed by atoms with Crippen molar-refractivity contribution in [3.8, 4) is 0 Å². The summed E-state index contributed by atoms with van der Waals surface area (Å²) in [5.41, 5.74) is 1.89. The Hall–Kier alpha value is -1.64. The molecular formula is C12H13NO2. The molecule has 3 nitrogen and oxygen atoms in total. The first-order valence-electron chi connectivity index (χ1n) is 5.12. The molecule has 1 aliphatic rings. The van der Waals surface area contributed by atoms with Crippen molar-refractivity contribution in [1.29, 1.82) is 0 Å². The zero-order chi connectivity index (χ0) is 10.7. The second-order valence-electron chi connectivity index (χ2n) is 3.52. The van der Waals surface area contributed by atoms with Gasteiger partial charge in [-0.2, -0.15) is 0 Å². The van der Waals surface area contributed by atoms with Gasteiger partial charge in [-0.3, -0.25) is 4.79 Å². The van der Waals surface area contributed by atoms with Gasteiger partial charge in [0.05, 0.1) is 5.71 Å². The Kier molecular flexibility index (Phi) is 2.81. The number of carbonyl (C=O) groups is 1. The van der Waals surface area contributed by atoms with Gasteiger partial charge in [0.2, 0.25) is 0 Å². The standard InChI is InChI=1S/C12H13NO2/c1-2-11(14)12-8-10(13-15-12)9-6-4-3-5-7-9/h3-7,12H,2,8H2,1H3. The fraction of sp³-hybridized carbons (Fsp3) is 0.333. The monoisotopic (exact) mass is 203 g/mol. The van der Waals surface area contributed by atoms with Crippen LogP contribution in [-0.4, -0.2) is 17.6 Å². The van der Waals surface area contributed by atoms with Crippen molar-refractivity contribution < 1.29 is 9.63 Å². The molecule has 0 spiro atoms. The number of rotatable bonds is 3. The fourth-order valence-corrected chi connectivity index (χ4v) is 1.58. The highest BCUT2D eigenvalue weighted by atomic mass is 16.6. The maximum absolute atomic E-state index is 11.4. The van der Waals surface area contributed by atoms with E-state index >= 15 is 0 Å². The van der Waals surface area contributed by atoms with Gasteiger partial charge in [-0.15, -0.1) is 0 Å². The average molecular weight is 203 g/mol. The molecule has 15 heavy (non-hydrogen) atoms. The van der Waals surface area contributed by atoms with E-state index in [-0.39, 0.29) is 11.9 Å². The molecule has 78 valence electrons. The largest absolute Gasteiger partial charge is 0.384 e. The average Bonchev–Trinajstić information content (AvgIpc) is 2.78. The van der Waals surface area contributed by atoms with E-state index in [4.69, 9.17) is 4.84 Å².